The Bertz CT molecular complexity index is 195. The molecule has 100 valence electrons. The molecule has 1 rings (SSSR count). The summed E-state index contributed by atoms with van der Waals surface area (Å²) in [6, 6.07) is 0.783. The fourth-order valence-electron chi connectivity index (χ4n) is 2.67. The smallest absolute Gasteiger partial charge is 0.0156 e. The van der Waals surface area contributed by atoms with Gasteiger partial charge in [0.05, 0.1) is 0 Å². The number of likely N-dealkylation sites (tertiary alicyclic amines) is 1. The maximum absolute atomic E-state index is 3.72. The maximum atomic E-state index is 3.72. The van der Waals surface area contributed by atoms with E-state index in [1.165, 1.54) is 51.6 Å². The lowest BCUT2D eigenvalue weighted by Crippen LogP contribution is -2.40. The van der Waals surface area contributed by atoms with E-state index in [0.717, 1.165) is 18.5 Å². The molecule has 0 amide bonds. The zero-order valence-corrected chi connectivity index (χ0v) is 11.8. The highest BCUT2D eigenvalue weighted by Gasteiger charge is 2.20. The average Bonchev–Trinajstić information content (AvgIpc) is 2.34. The van der Waals surface area contributed by atoms with Gasteiger partial charge in [0, 0.05) is 12.6 Å². The van der Waals surface area contributed by atoms with Crippen LogP contribution in [0.1, 0.15) is 52.4 Å². The molecule has 1 fully saturated rings. The van der Waals surface area contributed by atoms with E-state index in [2.05, 4.69) is 30.6 Å². The van der Waals surface area contributed by atoms with E-state index in [-0.39, 0.29) is 0 Å². The van der Waals surface area contributed by atoms with Crippen LogP contribution in [0.3, 0.4) is 0 Å². The SMILES string of the molecule is C=CNCCC(CCC(C)C)N1CCCCC1. The van der Waals surface area contributed by atoms with Gasteiger partial charge in [0.25, 0.3) is 0 Å². The molecule has 1 atom stereocenters. The highest BCUT2D eigenvalue weighted by atomic mass is 15.2. The molecule has 0 aromatic carbocycles. The van der Waals surface area contributed by atoms with E-state index in [0.29, 0.717) is 0 Å². The van der Waals surface area contributed by atoms with Crippen molar-refractivity contribution in [1.82, 2.24) is 10.2 Å². The van der Waals surface area contributed by atoms with Crippen molar-refractivity contribution >= 4 is 0 Å². The Kier molecular flexibility index (Phi) is 7.34. The fraction of sp³-hybridized carbons (Fsp3) is 0.867. The van der Waals surface area contributed by atoms with Crippen LogP contribution in [-0.2, 0) is 0 Å². The van der Waals surface area contributed by atoms with E-state index >= 15 is 0 Å². The lowest BCUT2D eigenvalue weighted by Gasteiger charge is -2.35. The molecule has 1 saturated heterocycles. The summed E-state index contributed by atoms with van der Waals surface area (Å²) in [5.74, 6) is 0.828. The van der Waals surface area contributed by atoms with E-state index in [9.17, 15) is 0 Å². The first-order chi connectivity index (χ1) is 8.24. The molecule has 0 aromatic rings. The molecule has 17 heavy (non-hydrogen) atoms. The van der Waals surface area contributed by atoms with E-state index in [1.54, 1.807) is 0 Å². The number of nitrogens with one attached hydrogen (secondary N) is 1. The molecule has 0 saturated carbocycles. The molecule has 2 heteroatoms. The minimum Gasteiger partial charge on any atom is -0.391 e. The first kappa shape index (κ1) is 14.6. The topological polar surface area (TPSA) is 15.3 Å². The van der Waals surface area contributed by atoms with Crippen LogP contribution in [0.25, 0.3) is 0 Å². The Morgan fingerprint density at radius 1 is 1.12 bits per heavy atom. The predicted octanol–water partition coefficient (Wildman–Crippen LogP) is 3.40. The summed E-state index contributed by atoms with van der Waals surface area (Å²) in [4.78, 5) is 2.72. The van der Waals surface area contributed by atoms with Crippen LogP contribution < -0.4 is 5.32 Å². The van der Waals surface area contributed by atoms with Gasteiger partial charge in [-0.1, -0.05) is 26.8 Å². The van der Waals surface area contributed by atoms with Gasteiger partial charge in [-0.2, -0.15) is 0 Å². The molecule has 0 aliphatic carbocycles. The van der Waals surface area contributed by atoms with Crippen molar-refractivity contribution in [1.29, 1.82) is 0 Å². The van der Waals surface area contributed by atoms with Crippen molar-refractivity contribution in [2.24, 2.45) is 5.92 Å². The summed E-state index contributed by atoms with van der Waals surface area (Å²) in [5, 5.41) is 3.24. The molecule has 0 spiro atoms. The molecule has 1 N–H and O–H groups in total. The van der Waals surface area contributed by atoms with Crippen LogP contribution in [0.4, 0.5) is 0 Å². The van der Waals surface area contributed by atoms with Crippen molar-refractivity contribution in [2.45, 2.75) is 58.4 Å². The third-order valence-corrected chi connectivity index (χ3v) is 3.75. The zero-order chi connectivity index (χ0) is 12.5. The van der Waals surface area contributed by atoms with E-state index < -0.39 is 0 Å². The van der Waals surface area contributed by atoms with Gasteiger partial charge in [0.1, 0.15) is 0 Å². The van der Waals surface area contributed by atoms with Crippen molar-refractivity contribution in [2.75, 3.05) is 19.6 Å². The summed E-state index contributed by atoms with van der Waals surface area (Å²) < 4.78 is 0. The second-order valence-corrected chi connectivity index (χ2v) is 5.67. The van der Waals surface area contributed by atoms with Crippen LogP contribution in [0.5, 0.6) is 0 Å². The molecular weight excluding hydrogens is 208 g/mol. The largest absolute Gasteiger partial charge is 0.391 e. The number of rotatable bonds is 8. The Hall–Kier alpha value is -0.500. The summed E-state index contributed by atoms with van der Waals surface area (Å²) in [7, 11) is 0. The van der Waals surface area contributed by atoms with Crippen molar-refractivity contribution in [3.05, 3.63) is 12.8 Å². The number of hydrogen-bond acceptors (Lipinski definition) is 2. The van der Waals surface area contributed by atoms with E-state index in [1.807, 2.05) is 6.20 Å². The minimum absolute atomic E-state index is 0.783. The van der Waals surface area contributed by atoms with Gasteiger partial charge in [-0.25, -0.2) is 0 Å². The highest BCUT2D eigenvalue weighted by molar-refractivity contribution is 4.77. The molecule has 1 aliphatic rings. The number of hydrogen-bond donors (Lipinski definition) is 1. The second-order valence-electron chi connectivity index (χ2n) is 5.67. The lowest BCUT2D eigenvalue weighted by molar-refractivity contribution is 0.143. The second kappa shape index (κ2) is 8.57. The average molecular weight is 238 g/mol. The minimum atomic E-state index is 0.783. The molecule has 1 unspecified atom stereocenters. The molecule has 0 bridgehead atoms. The first-order valence-electron chi connectivity index (χ1n) is 7.32. The van der Waals surface area contributed by atoms with Crippen molar-refractivity contribution in [3.8, 4) is 0 Å². The Morgan fingerprint density at radius 2 is 1.82 bits per heavy atom. The van der Waals surface area contributed by atoms with Gasteiger partial charge < -0.3 is 10.2 Å². The van der Waals surface area contributed by atoms with Crippen LogP contribution in [0, 0.1) is 5.92 Å². The quantitative estimate of drug-likeness (QED) is 0.652. The Morgan fingerprint density at radius 3 is 2.41 bits per heavy atom. The summed E-state index contributed by atoms with van der Waals surface area (Å²) in [6.45, 7) is 12.1. The Labute approximate surface area is 107 Å². The van der Waals surface area contributed by atoms with Crippen molar-refractivity contribution in [3.63, 3.8) is 0 Å². The predicted molar refractivity (Wildman–Crippen MR) is 76.1 cm³/mol. The number of piperidine rings is 1. The maximum Gasteiger partial charge on any atom is 0.0156 e. The summed E-state index contributed by atoms with van der Waals surface area (Å²) >= 11 is 0. The lowest BCUT2D eigenvalue weighted by atomic mass is 9.98. The third-order valence-electron chi connectivity index (χ3n) is 3.75. The normalized spacial score (nSPS) is 19.2. The van der Waals surface area contributed by atoms with Gasteiger partial charge in [-0.05, 0) is 57.3 Å². The van der Waals surface area contributed by atoms with Crippen molar-refractivity contribution < 1.29 is 0 Å². The summed E-state index contributed by atoms with van der Waals surface area (Å²) in [6.07, 6.45) is 10.0. The van der Waals surface area contributed by atoms with E-state index in [4.69, 9.17) is 0 Å². The van der Waals surface area contributed by atoms with Gasteiger partial charge in [0.2, 0.25) is 0 Å². The van der Waals surface area contributed by atoms with Crippen LogP contribution in [0.2, 0.25) is 0 Å². The summed E-state index contributed by atoms with van der Waals surface area (Å²) in [5.41, 5.74) is 0. The monoisotopic (exact) mass is 238 g/mol. The van der Waals surface area contributed by atoms with Crippen LogP contribution in [-0.4, -0.2) is 30.6 Å². The molecule has 0 radical (unpaired) electrons. The molecular formula is C15H30N2. The molecule has 1 aliphatic heterocycles. The molecule has 2 nitrogen and oxygen atoms in total. The molecule has 0 aromatic heterocycles. The van der Waals surface area contributed by atoms with Crippen LogP contribution >= 0.6 is 0 Å². The standard InChI is InChI=1S/C15H30N2/c1-4-16-11-10-15(9-8-14(2)3)17-12-6-5-7-13-17/h4,14-16H,1,5-13H2,2-3H3. The number of nitrogens with zero attached hydrogens (tertiary/aromatic N) is 1. The Balaban J connectivity index is 2.35. The first-order valence-corrected chi connectivity index (χ1v) is 7.32. The van der Waals surface area contributed by atoms with Gasteiger partial charge in [-0.3, -0.25) is 0 Å². The zero-order valence-electron chi connectivity index (χ0n) is 11.8. The highest BCUT2D eigenvalue weighted by Crippen LogP contribution is 2.19. The fourth-order valence-corrected chi connectivity index (χ4v) is 2.67. The van der Waals surface area contributed by atoms with Gasteiger partial charge in [-0.15, -0.1) is 0 Å². The van der Waals surface area contributed by atoms with Gasteiger partial charge >= 0.3 is 0 Å². The van der Waals surface area contributed by atoms with Crippen LogP contribution in [0.15, 0.2) is 12.8 Å². The third kappa shape index (κ3) is 6.11. The molecule has 1 heterocycles. The van der Waals surface area contributed by atoms with Gasteiger partial charge in [0.15, 0.2) is 0 Å².